The van der Waals surface area contributed by atoms with E-state index in [1.807, 2.05) is 24.3 Å². The van der Waals surface area contributed by atoms with Gasteiger partial charge in [0.25, 0.3) is 5.91 Å². The molecule has 1 saturated heterocycles. The number of rotatable bonds is 11. The van der Waals surface area contributed by atoms with Crippen molar-refractivity contribution in [1.29, 1.82) is 0 Å². The normalized spacial score (nSPS) is 17.5. The molecule has 208 valence electrons. The first-order valence-electron chi connectivity index (χ1n) is 12.4. The molecular weight excluding hydrogens is 522 g/mol. The fourth-order valence-electron chi connectivity index (χ4n) is 4.46. The second-order valence-corrected chi connectivity index (χ2v) is 9.98. The molecule has 1 aliphatic rings. The number of nitrogens with zero attached hydrogens (tertiary/aromatic N) is 5. The summed E-state index contributed by atoms with van der Waals surface area (Å²) in [7, 11) is 2.74. The van der Waals surface area contributed by atoms with Crippen molar-refractivity contribution in [2.45, 2.75) is 18.6 Å². The molecule has 1 aromatic heterocycles. The maximum Gasteiger partial charge on any atom is 0.260 e. The van der Waals surface area contributed by atoms with Gasteiger partial charge in [-0.3, -0.25) is 14.7 Å². The monoisotopic (exact) mass is 554 g/mol. The van der Waals surface area contributed by atoms with E-state index >= 15 is 0 Å². The first-order valence-corrected chi connectivity index (χ1v) is 13.4. The quantitative estimate of drug-likeness (QED) is 0.217. The highest BCUT2D eigenvalue weighted by Gasteiger charge is 2.28. The minimum absolute atomic E-state index is 0.207. The fraction of sp³-hybridized carbons (Fsp3) is 0.370. The van der Waals surface area contributed by atoms with Gasteiger partial charge in [-0.05, 0) is 48.4 Å². The summed E-state index contributed by atoms with van der Waals surface area (Å²) in [5.74, 6) is 0.231. The molecule has 2 heterocycles. The number of likely N-dealkylation sites (N-methyl/N-ethyl adjacent to an activating group) is 1. The number of aliphatic hydroxyl groups excluding tert-OH is 1. The predicted molar refractivity (Wildman–Crippen MR) is 149 cm³/mol. The molecule has 1 amide bonds. The molecule has 0 saturated carbocycles. The van der Waals surface area contributed by atoms with E-state index in [-0.39, 0.29) is 24.7 Å². The molecular formula is C27H32N5O6S-. The molecule has 0 bridgehead atoms. The smallest absolute Gasteiger partial charge is 0.260 e. The minimum atomic E-state index is -1.84. The predicted octanol–water partition coefficient (Wildman–Crippen LogP) is 3.53. The van der Waals surface area contributed by atoms with Crippen LogP contribution in [0.4, 0.5) is 11.4 Å². The summed E-state index contributed by atoms with van der Waals surface area (Å²) < 4.78 is 31.5. The largest absolute Gasteiger partial charge is 0.486 e. The highest BCUT2D eigenvalue weighted by Crippen LogP contribution is 2.32. The lowest BCUT2D eigenvalue weighted by Gasteiger charge is -2.32. The molecule has 0 radical (unpaired) electrons. The Balaban J connectivity index is 1.55. The maximum atomic E-state index is 13.4. The molecule has 0 spiro atoms. The molecule has 1 fully saturated rings. The molecule has 1 unspecified atom stereocenters. The zero-order chi connectivity index (χ0) is 27.8. The van der Waals surface area contributed by atoms with Crippen molar-refractivity contribution in [1.82, 2.24) is 14.8 Å². The summed E-state index contributed by atoms with van der Waals surface area (Å²) in [4.78, 5) is 25.8. The molecule has 11 nitrogen and oxygen atoms in total. The van der Waals surface area contributed by atoms with Gasteiger partial charge in [0.2, 0.25) is 0 Å². The molecule has 0 aliphatic carbocycles. The second kappa shape index (κ2) is 13.5. The molecule has 1 N–H and O–H groups in total. The van der Waals surface area contributed by atoms with Gasteiger partial charge < -0.3 is 32.2 Å². The van der Waals surface area contributed by atoms with Crippen LogP contribution in [0.2, 0.25) is 0 Å². The number of methoxy groups -OCH3 is 1. The molecule has 12 heteroatoms. The second-order valence-electron chi connectivity index (χ2n) is 9.03. The van der Waals surface area contributed by atoms with Crippen LogP contribution in [-0.4, -0.2) is 85.8 Å². The third-order valence-corrected chi connectivity index (χ3v) is 7.11. The SMILES string of the molecule is COC=Nc1cccc(C(CN2CC[C@H](O)C2)N(C)C(=O)COc2ccc(N=[S-](=O)OC)c3ncccc23)c1. The third-order valence-electron chi connectivity index (χ3n) is 6.48. The molecule has 3 aromatic rings. The van der Waals surface area contributed by atoms with Gasteiger partial charge in [0.15, 0.2) is 13.0 Å². The van der Waals surface area contributed by atoms with Crippen LogP contribution < -0.4 is 4.74 Å². The van der Waals surface area contributed by atoms with Gasteiger partial charge >= 0.3 is 0 Å². The highest BCUT2D eigenvalue weighted by atomic mass is 32.2. The first kappa shape index (κ1) is 28.4. The fourth-order valence-corrected chi connectivity index (χ4v) is 4.85. The topological polar surface area (TPSA) is 126 Å². The Labute approximate surface area is 229 Å². The number of aromatic nitrogens is 1. The number of aliphatic hydroxyl groups is 1. The molecule has 2 aromatic carbocycles. The Bertz CT molecular complexity index is 1410. The van der Waals surface area contributed by atoms with Gasteiger partial charge in [-0.2, -0.15) is 0 Å². The Morgan fingerprint density at radius 3 is 2.87 bits per heavy atom. The van der Waals surface area contributed by atoms with Crippen molar-refractivity contribution in [2.75, 3.05) is 47.5 Å². The molecule has 2 atom stereocenters. The van der Waals surface area contributed by atoms with Crippen molar-refractivity contribution in [2.24, 2.45) is 9.36 Å². The Hall–Kier alpha value is -3.58. The van der Waals surface area contributed by atoms with Gasteiger partial charge in [-0.15, -0.1) is 0 Å². The number of carbonyl (C=O) groups excluding carboxylic acids is 1. The van der Waals surface area contributed by atoms with Crippen molar-refractivity contribution in [3.05, 3.63) is 60.3 Å². The number of hydrogen-bond acceptors (Lipinski definition) is 11. The maximum absolute atomic E-state index is 13.4. The third kappa shape index (κ3) is 7.30. The number of ether oxygens (including phenoxy) is 2. The Kier molecular flexibility index (Phi) is 9.82. The Morgan fingerprint density at radius 1 is 1.28 bits per heavy atom. The van der Waals surface area contributed by atoms with Crippen LogP contribution in [0.5, 0.6) is 5.75 Å². The zero-order valence-corrected chi connectivity index (χ0v) is 22.9. The van der Waals surface area contributed by atoms with Gasteiger partial charge in [0, 0.05) is 45.4 Å². The summed E-state index contributed by atoms with van der Waals surface area (Å²) in [6.45, 7) is 1.65. The summed E-state index contributed by atoms with van der Waals surface area (Å²) in [5.41, 5.74) is 2.49. The van der Waals surface area contributed by atoms with E-state index in [1.54, 1.807) is 42.4 Å². The Morgan fingerprint density at radius 2 is 2.13 bits per heavy atom. The number of amides is 1. The van der Waals surface area contributed by atoms with Crippen LogP contribution in [0.25, 0.3) is 10.9 Å². The average Bonchev–Trinajstić information content (AvgIpc) is 3.38. The lowest BCUT2D eigenvalue weighted by Crippen LogP contribution is -2.40. The summed E-state index contributed by atoms with van der Waals surface area (Å²) in [6, 6.07) is 14.2. The van der Waals surface area contributed by atoms with Gasteiger partial charge in [-0.1, -0.05) is 23.0 Å². The number of fused-ring (bicyclic) bond motifs is 1. The highest BCUT2D eigenvalue weighted by molar-refractivity contribution is 7.69. The van der Waals surface area contributed by atoms with E-state index in [1.165, 1.54) is 20.6 Å². The lowest BCUT2D eigenvalue weighted by molar-refractivity contribution is -0.134. The number of pyridine rings is 1. The number of carbonyl (C=O) groups is 1. The van der Waals surface area contributed by atoms with Crippen LogP contribution in [0, 0.1) is 0 Å². The van der Waals surface area contributed by atoms with Crippen molar-refractivity contribution in [3.63, 3.8) is 0 Å². The number of hydrogen-bond donors (Lipinski definition) is 1. The van der Waals surface area contributed by atoms with Crippen LogP contribution >= 0.6 is 0 Å². The van der Waals surface area contributed by atoms with Crippen LogP contribution in [-0.2, 0) is 28.8 Å². The van der Waals surface area contributed by atoms with Crippen molar-refractivity contribution in [3.8, 4) is 5.75 Å². The van der Waals surface area contributed by atoms with E-state index in [9.17, 15) is 14.1 Å². The van der Waals surface area contributed by atoms with E-state index in [2.05, 4.69) is 19.2 Å². The average molecular weight is 555 g/mol. The first-order chi connectivity index (χ1) is 18.9. The molecule has 1 aliphatic heterocycles. The summed E-state index contributed by atoms with van der Waals surface area (Å²) in [6.07, 6.45) is 3.29. The number of benzene rings is 2. The van der Waals surface area contributed by atoms with E-state index in [0.717, 1.165) is 12.1 Å². The standard InChI is InChI=1S/C27H32N5O6S/c1-31(24(16-32-13-11-21(33)15-32)19-6-4-7-20(14-19)29-18-36-2)26(34)17-38-25-10-9-23(30-39(35)37-3)27-22(25)8-5-12-28-27/h4-10,12,14,18,21,24,33H,11,13,15-17H2,1-3H3/q-1/t21-,24?/m0/s1. The number of aliphatic imine (C=N–C) groups is 1. The lowest BCUT2D eigenvalue weighted by atomic mass is 10.0. The number of β-amino-alcohol motifs (C(OH)–C–C–N with tert-alkyl or cyclic N) is 1. The van der Waals surface area contributed by atoms with E-state index in [0.29, 0.717) is 47.5 Å². The summed E-state index contributed by atoms with van der Waals surface area (Å²) in [5, 5.41) is 10.7. The van der Waals surface area contributed by atoms with Crippen molar-refractivity contribution >= 4 is 45.5 Å². The van der Waals surface area contributed by atoms with E-state index in [4.69, 9.17) is 13.7 Å². The van der Waals surface area contributed by atoms with Crippen LogP contribution in [0.15, 0.2) is 64.1 Å². The molecule has 4 rings (SSSR count). The van der Waals surface area contributed by atoms with E-state index < -0.39 is 10.9 Å². The molecule has 39 heavy (non-hydrogen) atoms. The number of likely N-dealkylation sites (tertiary alicyclic amines) is 1. The van der Waals surface area contributed by atoms with Gasteiger partial charge in [0.1, 0.15) is 5.75 Å². The minimum Gasteiger partial charge on any atom is -0.486 e. The summed E-state index contributed by atoms with van der Waals surface area (Å²) >= 11 is 0. The van der Waals surface area contributed by atoms with Gasteiger partial charge in [-0.25, -0.2) is 4.99 Å². The van der Waals surface area contributed by atoms with Gasteiger partial charge in [0.05, 0.1) is 36.1 Å². The zero-order valence-electron chi connectivity index (χ0n) is 22.1. The van der Waals surface area contributed by atoms with Crippen molar-refractivity contribution < 1.29 is 27.8 Å². The van der Waals surface area contributed by atoms with Crippen LogP contribution in [0.3, 0.4) is 0 Å². The van der Waals surface area contributed by atoms with Crippen LogP contribution in [0.1, 0.15) is 18.0 Å².